The molecule has 0 bridgehead atoms. The van der Waals surface area contributed by atoms with Crippen molar-refractivity contribution in [3.05, 3.63) is 35.4 Å². The lowest BCUT2D eigenvalue weighted by Gasteiger charge is -2.16. The van der Waals surface area contributed by atoms with Crippen LogP contribution < -0.4 is 16.8 Å². The lowest BCUT2D eigenvalue weighted by Crippen LogP contribution is -2.33. The van der Waals surface area contributed by atoms with Crippen molar-refractivity contribution in [3.63, 3.8) is 0 Å². The van der Waals surface area contributed by atoms with Crippen LogP contribution in [0.15, 0.2) is 34.5 Å². The second-order valence-electron chi connectivity index (χ2n) is 9.29. The summed E-state index contributed by atoms with van der Waals surface area (Å²) in [6.45, 7) is 8.32. The molecule has 3 amide bonds. The number of benzene rings is 1. The van der Waals surface area contributed by atoms with E-state index in [1.165, 1.54) is 0 Å². The minimum absolute atomic E-state index is 0.0230. The summed E-state index contributed by atoms with van der Waals surface area (Å²) >= 11 is 0. The highest BCUT2D eigenvalue weighted by Crippen LogP contribution is 2.13. The van der Waals surface area contributed by atoms with Gasteiger partial charge in [-0.1, -0.05) is 38.1 Å². The summed E-state index contributed by atoms with van der Waals surface area (Å²) in [7, 11) is 0. The molecule has 1 saturated heterocycles. The normalized spacial score (nSPS) is 14.7. The molecule has 1 unspecified atom stereocenters. The molecular formula is C26H40N6O7. The molecule has 2 rings (SSSR count). The van der Waals surface area contributed by atoms with Crippen LogP contribution in [0.2, 0.25) is 0 Å². The fraction of sp³-hybridized carbons (Fsp3) is 0.538. The maximum absolute atomic E-state index is 11.5. The summed E-state index contributed by atoms with van der Waals surface area (Å²) in [5.74, 6) is -0.578. The Labute approximate surface area is 228 Å². The summed E-state index contributed by atoms with van der Waals surface area (Å²) < 4.78 is 5.45. The van der Waals surface area contributed by atoms with Gasteiger partial charge in [-0.3, -0.25) is 14.4 Å². The fourth-order valence-electron chi connectivity index (χ4n) is 3.02. The number of ether oxygens (including phenoxy) is 1. The van der Waals surface area contributed by atoms with Gasteiger partial charge in [-0.2, -0.15) is 0 Å². The Morgan fingerprint density at radius 3 is 2.23 bits per heavy atom. The smallest absolute Gasteiger partial charge is 0.335 e. The Kier molecular flexibility index (Phi) is 15.0. The largest absolute Gasteiger partial charge is 0.395 e. The molecule has 0 aromatic heterocycles. The molecule has 1 aliphatic heterocycles. The van der Waals surface area contributed by atoms with Crippen LogP contribution in [0.5, 0.6) is 0 Å². The van der Waals surface area contributed by atoms with E-state index in [0.717, 1.165) is 12.0 Å². The average Bonchev–Trinajstić information content (AvgIpc) is 3.18. The predicted molar refractivity (Wildman–Crippen MR) is 145 cm³/mol. The van der Waals surface area contributed by atoms with Crippen LogP contribution in [0.1, 0.15) is 64.5 Å². The lowest BCUT2D eigenvalue weighted by atomic mass is 10.1. The summed E-state index contributed by atoms with van der Waals surface area (Å²) in [5, 5.41) is 19.2. The molecule has 13 heteroatoms. The number of carbonyl (C=O) groups excluding carboxylic acids is 4. The van der Waals surface area contributed by atoms with Gasteiger partial charge < -0.3 is 31.5 Å². The molecule has 216 valence electrons. The number of amidine groups is 2. The summed E-state index contributed by atoms with van der Waals surface area (Å²) in [6.07, 6.45) is 1.10. The van der Waals surface area contributed by atoms with Crippen molar-refractivity contribution in [1.82, 2.24) is 10.4 Å². The summed E-state index contributed by atoms with van der Waals surface area (Å²) in [6, 6.07) is 7.09. The summed E-state index contributed by atoms with van der Waals surface area (Å²) in [4.78, 5) is 50.3. The Morgan fingerprint density at radius 2 is 1.69 bits per heavy atom. The van der Waals surface area contributed by atoms with Gasteiger partial charge in [0.25, 0.3) is 11.8 Å². The van der Waals surface area contributed by atoms with Crippen molar-refractivity contribution >= 4 is 35.4 Å². The molecule has 6 N–H and O–H groups in total. The lowest BCUT2D eigenvalue weighted by molar-refractivity contribution is -0.199. The van der Waals surface area contributed by atoms with E-state index >= 15 is 0 Å². The number of hydrogen-bond acceptors (Lipinski definition) is 9. The van der Waals surface area contributed by atoms with Gasteiger partial charge in [-0.05, 0) is 31.7 Å². The van der Waals surface area contributed by atoms with Crippen molar-refractivity contribution in [1.29, 1.82) is 0 Å². The molecule has 39 heavy (non-hydrogen) atoms. The Hall–Kier alpha value is -3.84. The van der Waals surface area contributed by atoms with Gasteiger partial charge in [-0.25, -0.2) is 4.79 Å². The van der Waals surface area contributed by atoms with Gasteiger partial charge in [0.05, 0.1) is 25.6 Å². The molecule has 13 nitrogen and oxygen atoms in total. The van der Waals surface area contributed by atoms with E-state index in [2.05, 4.69) is 29.4 Å². The maximum atomic E-state index is 11.5. The number of rotatable bonds is 13. The first-order chi connectivity index (χ1) is 18.4. The molecule has 0 spiro atoms. The standard InChI is InChI=1S/C13H19N5O2.C13H21NO5/c1-9(14)17-18-13(15)11-4-2-10(3-5-11)8-12(20)16-6-7-19;1-9(2)6-7-18-10(3)8-13(17)19-14-11(15)4-5-12(14)16/h2-5,19H,6-8H2,1H3,(H2,14,17)(H2,15,18)(H,16,20);9-10H,4-8H2,1-3H3. The number of imide groups is 1. The highest BCUT2D eigenvalue weighted by atomic mass is 16.7. The van der Waals surface area contributed by atoms with Crippen LogP contribution >= 0.6 is 0 Å². The molecule has 1 fully saturated rings. The van der Waals surface area contributed by atoms with E-state index in [0.29, 0.717) is 29.0 Å². The van der Waals surface area contributed by atoms with E-state index in [-0.39, 0.29) is 56.7 Å². The number of aliphatic hydroxyl groups excluding tert-OH is 1. The van der Waals surface area contributed by atoms with E-state index in [4.69, 9.17) is 26.1 Å². The molecule has 0 radical (unpaired) electrons. The van der Waals surface area contributed by atoms with Gasteiger partial charge in [0.1, 0.15) is 5.84 Å². The number of aliphatic hydroxyl groups is 1. The van der Waals surface area contributed by atoms with Crippen LogP contribution in [-0.2, 0) is 35.2 Å². The third kappa shape index (κ3) is 14.0. The van der Waals surface area contributed by atoms with Crippen molar-refractivity contribution < 1.29 is 33.9 Å². The van der Waals surface area contributed by atoms with Gasteiger partial charge in [0.2, 0.25) is 5.91 Å². The first-order valence-corrected chi connectivity index (χ1v) is 12.7. The minimum Gasteiger partial charge on any atom is -0.395 e. The predicted octanol–water partition coefficient (Wildman–Crippen LogP) is 0.770. The number of nitrogens with two attached hydrogens (primary N) is 2. The Balaban J connectivity index is 0.000000391. The molecule has 0 aliphatic carbocycles. The molecule has 1 heterocycles. The zero-order chi connectivity index (χ0) is 29.4. The van der Waals surface area contributed by atoms with Crippen molar-refractivity contribution in [2.24, 2.45) is 27.6 Å². The molecule has 1 atom stereocenters. The Bertz CT molecular complexity index is 1000. The number of nitrogens with zero attached hydrogens (tertiary/aromatic N) is 3. The Morgan fingerprint density at radius 1 is 1.08 bits per heavy atom. The van der Waals surface area contributed by atoms with Crippen LogP contribution in [0.4, 0.5) is 0 Å². The van der Waals surface area contributed by atoms with Gasteiger partial charge in [0, 0.05) is 31.6 Å². The number of hydrogen-bond donors (Lipinski definition) is 4. The molecule has 1 aromatic carbocycles. The maximum Gasteiger partial charge on any atom is 0.335 e. The van der Waals surface area contributed by atoms with Crippen LogP contribution in [-0.4, -0.2) is 71.4 Å². The number of nitrogens with one attached hydrogen (secondary N) is 1. The first-order valence-electron chi connectivity index (χ1n) is 12.7. The highest BCUT2D eigenvalue weighted by Gasteiger charge is 2.33. The second-order valence-corrected chi connectivity index (χ2v) is 9.29. The van der Waals surface area contributed by atoms with Crippen molar-refractivity contribution in [3.8, 4) is 0 Å². The van der Waals surface area contributed by atoms with Gasteiger partial charge >= 0.3 is 5.97 Å². The molecule has 0 saturated carbocycles. The quantitative estimate of drug-likeness (QED) is 0.119. The zero-order valence-electron chi connectivity index (χ0n) is 23.0. The second kappa shape index (κ2) is 17.6. The van der Waals surface area contributed by atoms with Crippen LogP contribution in [0.25, 0.3) is 0 Å². The molecular weight excluding hydrogens is 508 g/mol. The van der Waals surface area contributed by atoms with E-state index in [9.17, 15) is 19.2 Å². The topological polar surface area (TPSA) is 199 Å². The van der Waals surface area contributed by atoms with E-state index < -0.39 is 17.8 Å². The average molecular weight is 549 g/mol. The molecule has 1 aliphatic rings. The third-order valence-electron chi connectivity index (χ3n) is 5.11. The van der Waals surface area contributed by atoms with E-state index in [1.807, 2.05) is 0 Å². The number of amides is 3. The van der Waals surface area contributed by atoms with Crippen LogP contribution in [0, 0.1) is 5.92 Å². The van der Waals surface area contributed by atoms with Gasteiger partial charge in [0.15, 0.2) is 5.84 Å². The monoisotopic (exact) mass is 548 g/mol. The number of carbonyl (C=O) groups is 4. The summed E-state index contributed by atoms with van der Waals surface area (Å²) in [5.41, 5.74) is 12.6. The fourth-order valence-corrected chi connectivity index (χ4v) is 3.02. The van der Waals surface area contributed by atoms with Crippen LogP contribution in [0.3, 0.4) is 0 Å². The van der Waals surface area contributed by atoms with E-state index in [1.54, 1.807) is 38.1 Å². The zero-order valence-corrected chi connectivity index (χ0v) is 23.0. The number of hydroxylamine groups is 2. The van der Waals surface area contributed by atoms with Crippen molar-refractivity contribution in [2.45, 2.75) is 65.9 Å². The minimum atomic E-state index is -0.624. The third-order valence-corrected chi connectivity index (χ3v) is 5.11. The SMILES string of the molecule is C/C(N)=N/N=C(\N)c1ccc(CC(=O)NCCO)cc1.CC(C)CCOC(C)CC(=O)ON1C(=O)CCC1=O. The highest BCUT2D eigenvalue weighted by molar-refractivity contribution is 6.01. The van der Waals surface area contributed by atoms with Crippen molar-refractivity contribution in [2.75, 3.05) is 19.8 Å². The van der Waals surface area contributed by atoms with Gasteiger partial charge in [-0.15, -0.1) is 15.3 Å². The first kappa shape index (κ1) is 33.2. The molecule has 1 aromatic rings.